The Bertz CT molecular complexity index is 710. The third kappa shape index (κ3) is 3.95. The first-order valence-electron chi connectivity index (χ1n) is 7.23. The summed E-state index contributed by atoms with van der Waals surface area (Å²) in [6.07, 6.45) is 0. The molecule has 0 fully saturated rings. The third-order valence-electron chi connectivity index (χ3n) is 3.17. The van der Waals surface area contributed by atoms with E-state index in [0.29, 0.717) is 23.7 Å². The third-order valence-corrected chi connectivity index (χ3v) is 3.17. The van der Waals surface area contributed by atoms with Crippen LogP contribution in [0.4, 0.5) is 0 Å². The molecule has 113 valence electrons. The maximum Gasteiger partial charge on any atom is 0.272 e. The van der Waals surface area contributed by atoms with Crippen molar-refractivity contribution in [1.29, 1.82) is 5.26 Å². The molecule has 0 saturated heterocycles. The zero-order chi connectivity index (χ0) is 16.1. The van der Waals surface area contributed by atoms with Gasteiger partial charge in [0.25, 0.3) is 5.91 Å². The molecule has 0 aliphatic rings. The van der Waals surface area contributed by atoms with Crippen molar-refractivity contribution in [3.63, 3.8) is 0 Å². The predicted octanol–water partition coefficient (Wildman–Crippen LogP) is 2.45. The van der Waals surface area contributed by atoms with Crippen LogP contribution in [-0.2, 0) is 13.1 Å². The van der Waals surface area contributed by atoms with Crippen LogP contribution in [0, 0.1) is 30.2 Å². The summed E-state index contributed by atoms with van der Waals surface area (Å²) in [4.78, 5) is 12.1. The van der Waals surface area contributed by atoms with E-state index >= 15 is 0 Å². The molecule has 0 bridgehead atoms. The minimum absolute atomic E-state index is 0.257. The zero-order valence-corrected chi connectivity index (χ0v) is 13.1. The van der Waals surface area contributed by atoms with Crippen LogP contribution in [0.2, 0.25) is 0 Å². The molecule has 1 aromatic heterocycles. The second-order valence-corrected chi connectivity index (χ2v) is 5.63. The summed E-state index contributed by atoms with van der Waals surface area (Å²) in [5, 5.41) is 16.0. The van der Waals surface area contributed by atoms with E-state index < -0.39 is 0 Å². The number of hydrogen-bond donors (Lipinski definition) is 1. The van der Waals surface area contributed by atoms with Crippen molar-refractivity contribution in [3.8, 4) is 6.07 Å². The maximum atomic E-state index is 12.1. The topological polar surface area (TPSA) is 70.7 Å². The van der Waals surface area contributed by atoms with E-state index in [2.05, 4.69) is 36.4 Å². The van der Waals surface area contributed by atoms with Gasteiger partial charge in [-0.25, -0.2) is 0 Å². The number of amides is 1. The van der Waals surface area contributed by atoms with Gasteiger partial charge in [-0.1, -0.05) is 26.0 Å². The van der Waals surface area contributed by atoms with E-state index in [4.69, 9.17) is 5.26 Å². The molecular formula is C17H19N4O. The second kappa shape index (κ2) is 6.90. The molecule has 1 heterocycles. The average Bonchev–Trinajstić information content (AvgIpc) is 2.85. The molecule has 1 amide bonds. The summed E-state index contributed by atoms with van der Waals surface area (Å²) in [5.74, 6) is 0.199. The van der Waals surface area contributed by atoms with Gasteiger partial charge in [0.2, 0.25) is 0 Å². The van der Waals surface area contributed by atoms with Crippen LogP contribution in [0.25, 0.3) is 0 Å². The standard InChI is InChI=1S/C17H19N4O/c1-12(2)11-21-13(3)7-16(20-21)17(22)19-10-15-6-4-5-14(8-15)9-18/h4-6,8,12H,10-11H2,1-3H3,(H,19,22). The van der Waals surface area contributed by atoms with Gasteiger partial charge in [-0.15, -0.1) is 0 Å². The summed E-state index contributed by atoms with van der Waals surface area (Å²) in [6.45, 7) is 7.22. The Hall–Kier alpha value is -2.61. The van der Waals surface area contributed by atoms with Gasteiger partial charge in [0.15, 0.2) is 5.69 Å². The van der Waals surface area contributed by atoms with Gasteiger partial charge in [-0.2, -0.15) is 10.4 Å². The number of nitriles is 1. The SMILES string of the molecule is Cc1[c]c(C(=O)NCc2cccc(C#N)c2)nn1CC(C)C. The second-order valence-electron chi connectivity index (χ2n) is 5.63. The van der Waals surface area contributed by atoms with Crippen molar-refractivity contribution < 1.29 is 4.79 Å². The van der Waals surface area contributed by atoms with Gasteiger partial charge in [-0.3, -0.25) is 9.48 Å². The van der Waals surface area contributed by atoms with Crippen molar-refractivity contribution in [2.24, 2.45) is 5.92 Å². The molecule has 1 radical (unpaired) electrons. The number of aromatic nitrogens is 2. The number of rotatable bonds is 5. The highest BCUT2D eigenvalue weighted by atomic mass is 16.1. The van der Waals surface area contributed by atoms with Crippen LogP contribution < -0.4 is 5.32 Å². The minimum Gasteiger partial charge on any atom is -0.347 e. The van der Waals surface area contributed by atoms with Gasteiger partial charge in [0.1, 0.15) is 0 Å². The fourth-order valence-corrected chi connectivity index (χ4v) is 2.10. The number of aryl methyl sites for hydroxylation is 1. The normalized spacial score (nSPS) is 10.5. The molecule has 22 heavy (non-hydrogen) atoms. The van der Waals surface area contributed by atoms with E-state index in [1.165, 1.54) is 0 Å². The number of carbonyl (C=O) groups is 1. The Morgan fingerprint density at radius 2 is 2.27 bits per heavy atom. The molecule has 0 unspecified atom stereocenters. The fraction of sp³-hybridized carbons (Fsp3) is 0.353. The van der Waals surface area contributed by atoms with E-state index in [-0.39, 0.29) is 5.91 Å². The van der Waals surface area contributed by atoms with Gasteiger partial charge < -0.3 is 5.32 Å². The molecule has 2 aromatic rings. The van der Waals surface area contributed by atoms with Gasteiger partial charge in [0.05, 0.1) is 11.6 Å². The quantitative estimate of drug-likeness (QED) is 0.921. The Balaban J connectivity index is 2.02. The van der Waals surface area contributed by atoms with Gasteiger partial charge in [-0.05, 0) is 30.5 Å². The number of nitrogens with one attached hydrogen (secondary N) is 1. The van der Waals surface area contributed by atoms with E-state index in [9.17, 15) is 4.79 Å². The van der Waals surface area contributed by atoms with Crippen LogP contribution in [0.5, 0.6) is 0 Å². The number of carbonyl (C=O) groups excluding carboxylic acids is 1. The molecule has 0 aliphatic carbocycles. The van der Waals surface area contributed by atoms with E-state index in [0.717, 1.165) is 17.8 Å². The van der Waals surface area contributed by atoms with Crippen LogP contribution in [0.15, 0.2) is 24.3 Å². The molecule has 0 spiro atoms. The molecular weight excluding hydrogens is 276 g/mol. The molecule has 0 saturated carbocycles. The molecule has 2 rings (SSSR count). The zero-order valence-electron chi connectivity index (χ0n) is 13.1. The predicted molar refractivity (Wildman–Crippen MR) is 83.0 cm³/mol. The Labute approximate surface area is 130 Å². The highest BCUT2D eigenvalue weighted by molar-refractivity contribution is 5.92. The first-order chi connectivity index (χ1) is 10.5. The molecule has 5 heteroatoms. The lowest BCUT2D eigenvalue weighted by Gasteiger charge is -2.06. The Morgan fingerprint density at radius 1 is 1.50 bits per heavy atom. The van der Waals surface area contributed by atoms with Crippen molar-refractivity contribution in [2.75, 3.05) is 0 Å². The Kier molecular flexibility index (Phi) is 4.95. The van der Waals surface area contributed by atoms with Crippen LogP contribution in [-0.4, -0.2) is 15.7 Å². The van der Waals surface area contributed by atoms with Crippen molar-refractivity contribution in [2.45, 2.75) is 33.9 Å². The summed E-state index contributed by atoms with van der Waals surface area (Å²) < 4.78 is 1.80. The maximum absolute atomic E-state index is 12.1. The first kappa shape index (κ1) is 15.8. The highest BCUT2D eigenvalue weighted by Crippen LogP contribution is 2.07. The average molecular weight is 295 g/mol. The smallest absolute Gasteiger partial charge is 0.272 e. The van der Waals surface area contributed by atoms with Crippen molar-refractivity contribution in [1.82, 2.24) is 15.1 Å². The van der Waals surface area contributed by atoms with Crippen LogP contribution >= 0.6 is 0 Å². The summed E-state index contributed by atoms with van der Waals surface area (Å²) >= 11 is 0. The summed E-state index contributed by atoms with van der Waals surface area (Å²) in [6, 6.07) is 12.2. The number of nitrogens with zero attached hydrogens (tertiary/aromatic N) is 3. The molecule has 0 aliphatic heterocycles. The van der Waals surface area contributed by atoms with Gasteiger partial charge in [0, 0.05) is 24.8 Å². The highest BCUT2D eigenvalue weighted by Gasteiger charge is 2.13. The molecule has 1 N–H and O–H groups in total. The summed E-state index contributed by atoms with van der Waals surface area (Å²) in [5.41, 5.74) is 2.61. The molecule has 5 nitrogen and oxygen atoms in total. The van der Waals surface area contributed by atoms with E-state index in [1.54, 1.807) is 22.9 Å². The lowest BCUT2D eigenvalue weighted by Crippen LogP contribution is -2.23. The summed E-state index contributed by atoms with van der Waals surface area (Å²) in [7, 11) is 0. The van der Waals surface area contributed by atoms with Crippen molar-refractivity contribution >= 4 is 5.91 Å². The fourth-order valence-electron chi connectivity index (χ4n) is 2.10. The molecule has 1 aromatic carbocycles. The monoisotopic (exact) mass is 295 g/mol. The van der Waals surface area contributed by atoms with Crippen LogP contribution in [0.3, 0.4) is 0 Å². The van der Waals surface area contributed by atoms with Crippen LogP contribution in [0.1, 0.15) is 41.2 Å². The first-order valence-corrected chi connectivity index (χ1v) is 7.23. The lowest BCUT2D eigenvalue weighted by molar-refractivity contribution is 0.0944. The number of hydrogen-bond acceptors (Lipinski definition) is 3. The lowest BCUT2D eigenvalue weighted by atomic mass is 10.1. The minimum atomic E-state index is -0.257. The largest absolute Gasteiger partial charge is 0.347 e. The van der Waals surface area contributed by atoms with Crippen molar-refractivity contribution in [3.05, 3.63) is 52.8 Å². The molecule has 0 atom stereocenters. The number of benzene rings is 1. The van der Waals surface area contributed by atoms with Gasteiger partial charge >= 0.3 is 0 Å². The van der Waals surface area contributed by atoms with E-state index in [1.807, 2.05) is 13.0 Å². The Morgan fingerprint density at radius 3 is 2.95 bits per heavy atom.